The fraction of sp³-hybridized carbons (Fsp3) is 0.435. The molecule has 1 aromatic carbocycles. The molecule has 0 atom stereocenters. The number of piperidine rings is 1. The summed E-state index contributed by atoms with van der Waals surface area (Å²) < 4.78 is 6.94. The molecule has 1 saturated heterocycles. The molecule has 0 spiro atoms. The number of hydrogen-bond acceptors (Lipinski definition) is 5. The summed E-state index contributed by atoms with van der Waals surface area (Å²) in [6.07, 6.45) is 2.49. The largest absolute Gasteiger partial charge is 0.385 e. The Bertz CT molecular complexity index is 1040. The number of fused-ring (bicyclic) bond motifs is 1. The smallest absolute Gasteiger partial charge is 0.223 e. The summed E-state index contributed by atoms with van der Waals surface area (Å²) in [5.41, 5.74) is 3.63. The Morgan fingerprint density at radius 3 is 2.68 bits per heavy atom. The minimum atomic E-state index is 0.0551. The van der Waals surface area contributed by atoms with Gasteiger partial charge in [-0.3, -0.25) is 4.79 Å². The van der Waals surface area contributed by atoms with Crippen molar-refractivity contribution in [2.24, 2.45) is 5.92 Å². The number of benzene rings is 1. The number of aromatic nitrogens is 3. The third-order valence-electron chi connectivity index (χ3n) is 5.69. The highest BCUT2D eigenvalue weighted by Crippen LogP contribution is 2.27. The number of aryl methyl sites for hydroxylation is 1. The van der Waals surface area contributed by atoms with E-state index in [1.165, 1.54) is 0 Å². The Labute approximate surface area is 187 Å². The summed E-state index contributed by atoms with van der Waals surface area (Å²) in [5.74, 6) is 1.22. The van der Waals surface area contributed by atoms with Gasteiger partial charge < -0.3 is 15.0 Å². The first-order valence-corrected chi connectivity index (χ1v) is 11.1. The molecule has 164 valence electrons. The minimum absolute atomic E-state index is 0.0551. The van der Waals surface area contributed by atoms with Crippen LogP contribution in [0, 0.1) is 12.8 Å². The summed E-state index contributed by atoms with van der Waals surface area (Å²) in [6.45, 7) is 4.95. The number of methoxy groups -OCH3 is 1. The second-order valence-corrected chi connectivity index (χ2v) is 8.40. The highest BCUT2D eigenvalue weighted by molar-refractivity contribution is 6.30. The number of amides is 1. The van der Waals surface area contributed by atoms with Crippen LogP contribution in [0.1, 0.15) is 25.0 Å². The molecule has 1 amide bonds. The molecule has 8 heteroatoms. The number of carbonyl (C=O) groups excluding carboxylic acids is 1. The third-order valence-corrected chi connectivity index (χ3v) is 5.94. The average molecular weight is 442 g/mol. The van der Waals surface area contributed by atoms with E-state index < -0.39 is 0 Å². The van der Waals surface area contributed by atoms with Gasteiger partial charge in [0.2, 0.25) is 5.91 Å². The lowest BCUT2D eigenvalue weighted by Crippen LogP contribution is -2.41. The summed E-state index contributed by atoms with van der Waals surface area (Å²) in [4.78, 5) is 19.4. The Morgan fingerprint density at radius 1 is 1.23 bits per heavy atom. The van der Waals surface area contributed by atoms with E-state index in [-0.39, 0.29) is 11.8 Å². The third kappa shape index (κ3) is 4.99. The topological polar surface area (TPSA) is 71.8 Å². The zero-order valence-corrected chi connectivity index (χ0v) is 18.7. The van der Waals surface area contributed by atoms with Gasteiger partial charge in [0.1, 0.15) is 5.82 Å². The van der Waals surface area contributed by atoms with Crippen molar-refractivity contribution in [3.8, 4) is 11.3 Å². The van der Waals surface area contributed by atoms with Crippen LogP contribution in [0.3, 0.4) is 0 Å². The Morgan fingerprint density at radius 2 is 1.97 bits per heavy atom. The number of rotatable bonds is 7. The van der Waals surface area contributed by atoms with Crippen LogP contribution >= 0.6 is 11.6 Å². The monoisotopic (exact) mass is 441 g/mol. The van der Waals surface area contributed by atoms with Gasteiger partial charge in [-0.2, -0.15) is 9.61 Å². The zero-order valence-electron chi connectivity index (χ0n) is 18.0. The van der Waals surface area contributed by atoms with E-state index in [0.717, 1.165) is 60.8 Å². The fourth-order valence-electron chi connectivity index (χ4n) is 4.01. The molecular formula is C23H28ClN5O2. The fourth-order valence-corrected chi connectivity index (χ4v) is 4.14. The molecule has 1 aliphatic heterocycles. The minimum Gasteiger partial charge on any atom is -0.385 e. The van der Waals surface area contributed by atoms with Crippen molar-refractivity contribution < 1.29 is 9.53 Å². The number of nitrogens with one attached hydrogen (secondary N) is 1. The number of anilines is 1. The van der Waals surface area contributed by atoms with Crippen LogP contribution in [-0.4, -0.2) is 53.9 Å². The van der Waals surface area contributed by atoms with Gasteiger partial charge in [0, 0.05) is 67.7 Å². The molecule has 3 aromatic rings. The van der Waals surface area contributed by atoms with Crippen molar-refractivity contribution in [3.05, 3.63) is 47.1 Å². The summed E-state index contributed by atoms with van der Waals surface area (Å²) in [7, 11) is 1.67. The molecule has 31 heavy (non-hydrogen) atoms. The van der Waals surface area contributed by atoms with Gasteiger partial charge in [-0.05, 0) is 38.3 Å². The molecule has 0 aliphatic carbocycles. The Balaban J connectivity index is 1.48. The molecule has 0 radical (unpaired) electrons. The first kappa shape index (κ1) is 21.6. The van der Waals surface area contributed by atoms with Crippen molar-refractivity contribution >= 4 is 29.0 Å². The standard InChI is InChI=1S/C23H28ClN5O2/c1-16-14-22(28-11-8-18(9-12-28)23(30)25-10-3-13-31-2)29-21(26-16)15-20(27-29)17-4-6-19(24)7-5-17/h4-7,14-15,18H,3,8-13H2,1-2H3,(H,25,30). The van der Waals surface area contributed by atoms with E-state index >= 15 is 0 Å². The van der Waals surface area contributed by atoms with Crippen LogP contribution < -0.4 is 10.2 Å². The predicted molar refractivity (Wildman–Crippen MR) is 123 cm³/mol. The molecule has 4 rings (SSSR count). The molecule has 2 aromatic heterocycles. The van der Waals surface area contributed by atoms with Crippen LogP contribution in [0.25, 0.3) is 16.9 Å². The van der Waals surface area contributed by atoms with E-state index in [2.05, 4.69) is 21.3 Å². The second kappa shape index (κ2) is 9.66. The summed E-state index contributed by atoms with van der Waals surface area (Å²) in [5, 5.41) is 8.55. The van der Waals surface area contributed by atoms with Gasteiger partial charge in [-0.1, -0.05) is 23.7 Å². The van der Waals surface area contributed by atoms with Crippen molar-refractivity contribution in [2.45, 2.75) is 26.2 Å². The van der Waals surface area contributed by atoms with E-state index in [1.54, 1.807) is 7.11 Å². The number of carbonyl (C=O) groups is 1. The van der Waals surface area contributed by atoms with Crippen LogP contribution in [0.5, 0.6) is 0 Å². The molecule has 1 N–H and O–H groups in total. The van der Waals surface area contributed by atoms with E-state index in [0.29, 0.717) is 18.2 Å². The average Bonchev–Trinajstić information content (AvgIpc) is 3.20. The molecule has 3 heterocycles. The predicted octanol–water partition coefficient (Wildman–Crippen LogP) is 3.73. The van der Waals surface area contributed by atoms with Gasteiger partial charge >= 0.3 is 0 Å². The van der Waals surface area contributed by atoms with Crippen LogP contribution in [0.15, 0.2) is 36.4 Å². The molecule has 1 aliphatic rings. The van der Waals surface area contributed by atoms with Crippen molar-refractivity contribution in [3.63, 3.8) is 0 Å². The number of ether oxygens (including phenoxy) is 1. The van der Waals surface area contributed by atoms with Crippen molar-refractivity contribution in [2.75, 3.05) is 38.3 Å². The van der Waals surface area contributed by atoms with Gasteiger partial charge in [0.25, 0.3) is 0 Å². The quantitative estimate of drug-likeness (QED) is 0.565. The van der Waals surface area contributed by atoms with E-state index in [1.807, 2.05) is 41.8 Å². The lowest BCUT2D eigenvalue weighted by Gasteiger charge is -2.33. The van der Waals surface area contributed by atoms with Crippen molar-refractivity contribution in [1.82, 2.24) is 19.9 Å². The molecule has 1 fully saturated rings. The molecule has 0 unspecified atom stereocenters. The maximum atomic E-state index is 12.4. The lowest BCUT2D eigenvalue weighted by molar-refractivity contribution is -0.125. The summed E-state index contributed by atoms with van der Waals surface area (Å²) >= 11 is 6.02. The first-order valence-electron chi connectivity index (χ1n) is 10.7. The maximum absolute atomic E-state index is 12.4. The number of hydrogen-bond donors (Lipinski definition) is 1. The second-order valence-electron chi connectivity index (χ2n) is 7.96. The van der Waals surface area contributed by atoms with Crippen LogP contribution in [0.2, 0.25) is 5.02 Å². The zero-order chi connectivity index (χ0) is 21.8. The number of nitrogens with zero attached hydrogens (tertiary/aromatic N) is 4. The van der Waals surface area contributed by atoms with Gasteiger partial charge in [0.15, 0.2) is 5.65 Å². The van der Waals surface area contributed by atoms with Gasteiger partial charge in [-0.15, -0.1) is 0 Å². The first-order chi connectivity index (χ1) is 15.0. The molecule has 7 nitrogen and oxygen atoms in total. The maximum Gasteiger partial charge on any atom is 0.223 e. The van der Waals surface area contributed by atoms with Crippen LogP contribution in [-0.2, 0) is 9.53 Å². The van der Waals surface area contributed by atoms with Crippen LogP contribution in [0.4, 0.5) is 5.82 Å². The van der Waals surface area contributed by atoms with Gasteiger partial charge in [-0.25, -0.2) is 4.98 Å². The molecular weight excluding hydrogens is 414 g/mol. The highest BCUT2D eigenvalue weighted by Gasteiger charge is 2.26. The summed E-state index contributed by atoms with van der Waals surface area (Å²) in [6, 6.07) is 11.7. The lowest BCUT2D eigenvalue weighted by atomic mass is 9.96. The highest BCUT2D eigenvalue weighted by atomic mass is 35.5. The van der Waals surface area contributed by atoms with Gasteiger partial charge in [0.05, 0.1) is 5.69 Å². The van der Waals surface area contributed by atoms with Crippen molar-refractivity contribution in [1.29, 1.82) is 0 Å². The normalized spacial score (nSPS) is 14.9. The van der Waals surface area contributed by atoms with E-state index in [9.17, 15) is 4.79 Å². The molecule has 0 saturated carbocycles. The Kier molecular flexibility index (Phi) is 6.73. The molecule has 0 bridgehead atoms. The van der Waals surface area contributed by atoms with E-state index in [4.69, 9.17) is 21.4 Å². The Hall–Kier alpha value is -2.64. The SMILES string of the molecule is COCCCNC(=O)C1CCN(c2cc(C)nc3cc(-c4ccc(Cl)cc4)nn23)CC1. The number of halogens is 1.